The van der Waals surface area contributed by atoms with Crippen molar-refractivity contribution in [3.63, 3.8) is 0 Å². The van der Waals surface area contributed by atoms with Gasteiger partial charge in [0.2, 0.25) is 17.5 Å². The molecule has 0 N–H and O–H groups in total. The van der Waals surface area contributed by atoms with Crippen molar-refractivity contribution >= 4 is 23.4 Å². The van der Waals surface area contributed by atoms with E-state index < -0.39 is 5.72 Å². The van der Waals surface area contributed by atoms with Gasteiger partial charge < -0.3 is 9.47 Å². The second-order valence-corrected chi connectivity index (χ2v) is 6.48. The summed E-state index contributed by atoms with van der Waals surface area (Å²) in [5.74, 6) is 1.01. The monoisotopic (exact) mass is 358 g/mol. The minimum absolute atomic E-state index is 0.181. The van der Waals surface area contributed by atoms with Gasteiger partial charge in [-0.25, -0.2) is 0 Å². The largest absolute Gasteiger partial charge is 0.497 e. The van der Waals surface area contributed by atoms with Crippen LogP contribution in [-0.4, -0.2) is 29.6 Å². The zero-order chi connectivity index (χ0) is 18.0. The lowest BCUT2D eigenvalue weighted by molar-refractivity contribution is -0.144. The summed E-state index contributed by atoms with van der Waals surface area (Å²) in [5, 5.41) is 6.40. The topological polar surface area (TPSA) is 51.1 Å². The van der Waals surface area contributed by atoms with Crippen molar-refractivity contribution in [1.29, 1.82) is 0 Å². The third-order valence-electron chi connectivity index (χ3n) is 4.04. The number of halogens is 1. The number of nitrogens with zero attached hydrogens (tertiary/aromatic N) is 2. The van der Waals surface area contributed by atoms with Gasteiger partial charge in [-0.2, -0.15) is 5.01 Å². The number of methoxy groups -OCH3 is 1. The Bertz CT molecular complexity index is 802. The lowest BCUT2D eigenvalue weighted by Gasteiger charge is -2.30. The normalized spacial score (nSPS) is 19.4. The van der Waals surface area contributed by atoms with Crippen LogP contribution in [0.1, 0.15) is 25.0 Å². The van der Waals surface area contributed by atoms with Gasteiger partial charge in [-0.15, -0.1) is 5.10 Å². The van der Waals surface area contributed by atoms with Gasteiger partial charge >= 0.3 is 0 Å². The number of hydrogen-bond acceptors (Lipinski definition) is 4. The Morgan fingerprint density at radius 3 is 2.40 bits per heavy atom. The van der Waals surface area contributed by atoms with E-state index >= 15 is 0 Å². The summed E-state index contributed by atoms with van der Waals surface area (Å²) in [4.78, 5) is 12.1. The van der Waals surface area contributed by atoms with Crippen LogP contribution < -0.4 is 4.74 Å². The number of hydrazone groups is 1. The van der Waals surface area contributed by atoms with E-state index in [0.29, 0.717) is 17.3 Å². The maximum Gasteiger partial charge on any atom is 0.243 e. The summed E-state index contributed by atoms with van der Waals surface area (Å²) in [6.07, 6.45) is 0.497. The molecule has 2 aromatic carbocycles. The second-order valence-electron chi connectivity index (χ2n) is 6.04. The van der Waals surface area contributed by atoms with Crippen molar-refractivity contribution in [2.45, 2.75) is 26.0 Å². The highest BCUT2D eigenvalue weighted by atomic mass is 35.5. The van der Waals surface area contributed by atoms with Crippen LogP contribution in [0.15, 0.2) is 53.6 Å². The molecule has 0 bridgehead atoms. The number of rotatable bonds is 4. The summed E-state index contributed by atoms with van der Waals surface area (Å²) in [5.41, 5.74) is 0.895. The molecule has 25 heavy (non-hydrogen) atoms. The first-order chi connectivity index (χ1) is 11.9. The molecular formula is C19H19ClN2O3. The highest BCUT2D eigenvalue weighted by Crippen LogP contribution is 2.31. The second kappa shape index (κ2) is 6.76. The summed E-state index contributed by atoms with van der Waals surface area (Å²) in [7, 11) is 1.63. The molecule has 1 amide bonds. The Kier molecular flexibility index (Phi) is 4.68. The zero-order valence-electron chi connectivity index (χ0n) is 14.3. The fraction of sp³-hybridized carbons (Fsp3) is 0.263. The molecule has 3 rings (SSSR count). The molecule has 0 unspecified atom stereocenters. The van der Waals surface area contributed by atoms with Crippen LogP contribution in [0.2, 0.25) is 5.02 Å². The van der Waals surface area contributed by atoms with E-state index in [1.165, 1.54) is 11.9 Å². The highest BCUT2D eigenvalue weighted by Gasteiger charge is 2.43. The fourth-order valence-corrected chi connectivity index (χ4v) is 2.94. The third kappa shape index (κ3) is 3.61. The smallest absolute Gasteiger partial charge is 0.243 e. The molecule has 0 aromatic heterocycles. The van der Waals surface area contributed by atoms with Gasteiger partial charge in [0.25, 0.3) is 0 Å². The van der Waals surface area contributed by atoms with Gasteiger partial charge in [-0.3, -0.25) is 4.79 Å². The Hall–Kier alpha value is -2.53. The molecule has 0 spiro atoms. The molecule has 0 fully saturated rings. The molecule has 1 aliphatic heterocycles. The molecule has 1 aliphatic rings. The van der Waals surface area contributed by atoms with Crippen LogP contribution in [0.5, 0.6) is 5.75 Å². The van der Waals surface area contributed by atoms with Gasteiger partial charge in [0.15, 0.2) is 0 Å². The number of carbonyl (C=O) groups is 1. The Morgan fingerprint density at radius 1 is 1.20 bits per heavy atom. The summed E-state index contributed by atoms with van der Waals surface area (Å²) in [6.45, 7) is 3.33. The number of hydrogen-bond donors (Lipinski definition) is 0. The van der Waals surface area contributed by atoms with Gasteiger partial charge in [0, 0.05) is 23.9 Å². The quantitative estimate of drug-likeness (QED) is 0.834. The molecule has 0 aliphatic carbocycles. The van der Waals surface area contributed by atoms with Crippen molar-refractivity contribution in [2.24, 2.45) is 5.10 Å². The first kappa shape index (κ1) is 17.3. The molecule has 5 nitrogen and oxygen atoms in total. The van der Waals surface area contributed by atoms with Crippen molar-refractivity contribution in [3.05, 3.63) is 64.7 Å². The van der Waals surface area contributed by atoms with Gasteiger partial charge in [-0.1, -0.05) is 23.7 Å². The maximum atomic E-state index is 12.1. The predicted octanol–water partition coefficient (Wildman–Crippen LogP) is 3.85. The van der Waals surface area contributed by atoms with E-state index in [1.54, 1.807) is 19.2 Å². The van der Waals surface area contributed by atoms with E-state index in [9.17, 15) is 4.79 Å². The first-order valence-corrected chi connectivity index (χ1v) is 8.26. The van der Waals surface area contributed by atoms with E-state index in [4.69, 9.17) is 21.1 Å². The van der Waals surface area contributed by atoms with Gasteiger partial charge in [0.1, 0.15) is 5.75 Å². The zero-order valence-corrected chi connectivity index (χ0v) is 15.1. The molecule has 130 valence electrons. The Labute approximate surface area is 151 Å². The summed E-state index contributed by atoms with van der Waals surface area (Å²) < 4.78 is 11.3. The van der Waals surface area contributed by atoms with Crippen molar-refractivity contribution < 1.29 is 14.3 Å². The summed E-state index contributed by atoms with van der Waals surface area (Å²) in [6, 6.07) is 14.8. The van der Waals surface area contributed by atoms with Crippen LogP contribution in [0.25, 0.3) is 0 Å². The van der Waals surface area contributed by atoms with Crippen LogP contribution in [0.4, 0.5) is 0 Å². The number of ether oxygens (including phenoxy) is 2. The number of amides is 1. The molecule has 1 atom stereocenters. The maximum absolute atomic E-state index is 12.1. The minimum atomic E-state index is -0.893. The SMILES string of the molecule is COc1ccc(C[C@]2(C)OC(c3ccc(Cl)cc3)=NN2C(C)=O)cc1. The molecule has 2 aromatic rings. The molecule has 1 heterocycles. The lowest BCUT2D eigenvalue weighted by Crippen LogP contribution is -2.45. The summed E-state index contributed by atoms with van der Waals surface area (Å²) >= 11 is 5.93. The van der Waals surface area contributed by atoms with Gasteiger partial charge in [-0.05, 0) is 48.9 Å². The fourth-order valence-electron chi connectivity index (χ4n) is 2.81. The van der Waals surface area contributed by atoms with Crippen molar-refractivity contribution in [2.75, 3.05) is 7.11 Å². The number of benzene rings is 2. The highest BCUT2D eigenvalue weighted by molar-refractivity contribution is 6.30. The number of carbonyl (C=O) groups excluding carboxylic acids is 1. The van der Waals surface area contributed by atoms with E-state index in [2.05, 4.69) is 5.10 Å². The van der Waals surface area contributed by atoms with Gasteiger partial charge in [0.05, 0.1) is 7.11 Å². The molecule has 0 saturated carbocycles. The molecule has 0 radical (unpaired) electrons. The van der Waals surface area contributed by atoms with E-state index in [1.807, 2.05) is 43.3 Å². The lowest BCUT2D eigenvalue weighted by atomic mass is 10.0. The van der Waals surface area contributed by atoms with E-state index in [0.717, 1.165) is 16.9 Å². The van der Waals surface area contributed by atoms with Crippen LogP contribution >= 0.6 is 11.6 Å². The molecular weight excluding hydrogens is 340 g/mol. The Morgan fingerprint density at radius 2 is 1.84 bits per heavy atom. The molecule has 6 heteroatoms. The average molecular weight is 359 g/mol. The first-order valence-electron chi connectivity index (χ1n) is 7.88. The van der Waals surface area contributed by atoms with Crippen LogP contribution in [0, 0.1) is 0 Å². The van der Waals surface area contributed by atoms with Crippen molar-refractivity contribution in [1.82, 2.24) is 5.01 Å². The Balaban J connectivity index is 1.86. The minimum Gasteiger partial charge on any atom is -0.497 e. The molecule has 0 saturated heterocycles. The van der Waals surface area contributed by atoms with Crippen molar-refractivity contribution in [3.8, 4) is 5.75 Å². The standard InChI is InChI=1S/C19H19ClN2O3/c1-13(23)22-19(2,12-14-4-10-17(24-3)11-5-14)25-18(21-22)15-6-8-16(20)9-7-15/h4-11H,12H2,1-3H3/t19-/m0/s1. The predicted molar refractivity (Wildman–Crippen MR) is 96.7 cm³/mol. The third-order valence-corrected chi connectivity index (χ3v) is 4.29. The average Bonchev–Trinajstić information content (AvgIpc) is 2.94. The van der Waals surface area contributed by atoms with E-state index in [-0.39, 0.29) is 5.91 Å². The van der Waals surface area contributed by atoms with Crippen LogP contribution in [0.3, 0.4) is 0 Å². The van der Waals surface area contributed by atoms with Crippen LogP contribution in [-0.2, 0) is 16.0 Å².